The van der Waals surface area contributed by atoms with Crippen LogP contribution >= 0.6 is 0 Å². The van der Waals surface area contributed by atoms with E-state index in [1.165, 1.54) is 43.8 Å². The Bertz CT molecular complexity index is 3190. The fourth-order valence-corrected chi connectivity index (χ4v) is 8.68. The van der Waals surface area contributed by atoms with Gasteiger partial charge in [-0.2, -0.15) is 0 Å². The molecule has 5 nitrogen and oxygen atoms in total. The third-order valence-electron chi connectivity index (χ3n) is 11.1. The molecule has 0 atom stereocenters. The van der Waals surface area contributed by atoms with Crippen molar-refractivity contribution in [2.75, 3.05) is 0 Å². The van der Waals surface area contributed by atoms with Crippen LogP contribution in [0.2, 0.25) is 0 Å². The molecule has 3 aromatic heterocycles. The molecular weight excluding hydrogens is 625 g/mol. The van der Waals surface area contributed by atoms with Crippen molar-refractivity contribution in [1.29, 1.82) is 0 Å². The largest absolute Gasteiger partial charge is 0.309 e. The van der Waals surface area contributed by atoms with Gasteiger partial charge in [0.05, 0.1) is 33.1 Å². The molecule has 10 aromatic rings. The van der Waals surface area contributed by atoms with Crippen molar-refractivity contribution in [2.24, 2.45) is 0 Å². The molecule has 51 heavy (non-hydrogen) atoms. The van der Waals surface area contributed by atoms with E-state index >= 15 is 0 Å². The van der Waals surface area contributed by atoms with Gasteiger partial charge in [0.15, 0.2) is 0 Å². The Morgan fingerprint density at radius 2 is 1.29 bits per heavy atom. The van der Waals surface area contributed by atoms with Crippen molar-refractivity contribution in [3.05, 3.63) is 167 Å². The SMILES string of the molecule is CC1(C)c2cc3c(cc2-c2c1ccc1ccccc21)c1ccccc1n3-c1ccc2c(c1)c(-c1ccccc1)nc1nc3ccccc3c(=O)n12. The zero-order valence-corrected chi connectivity index (χ0v) is 28.1. The van der Waals surface area contributed by atoms with E-state index in [2.05, 4.69) is 122 Å². The van der Waals surface area contributed by atoms with E-state index in [9.17, 15) is 4.79 Å². The number of rotatable bonds is 2. The number of aromatic nitrogens is 4. The molecular formula is C46H30N4O. The molecule has 11 rings (SSSR count). The van der Waals surface area contributed by atoms with Gasteiger partial charge in [0.2, 0.25) is 5.78 Å². The summed E-state index contributed by atoms with van der Waals surface area (Å²) in [6.07, 6.45) is 0. The van der Waals surface area contributed by atoms with Crippen LogP contribution in [0.25, 0.3) is 88.2 Å². The lowest BCUT2D eigenvalue weighted by Gasteiger charge is -2.22. The minimum atomic E-state index is -0.173. The highest BCUT2D eigenvalue weighted by Gasteiger charge is 2.37. The lowest BCUT2D eigenvalue weighted by molar-refractivity contribution is 0.661. The second-order valence-corrected chi connectivity index (χ2v) is 14.2. The molecule has 0 unspecified atom stereocenters. The van der Waals surface area contributed by atoms with E-state index < -0.39 is 0 Å². The van der Waals surface area contributed by atoms with Crippen LogP contribution in [0, 0.1) is 0 Å². The van der Waals surface area contributed by atoms with Gasteiger partial charge in [0, 0.05) is 32.8 Å². The highest BCUT2D eigenvalue weighted by Crippen LogP contribution is 2.53. The van der Waals surface area contributed by atoms with Gasteiger partial charge in [0.25, 0.3) is 5.56 Å². The number of hydrogen-bond donors (Lipinski definition) is 0. The van der Waals surface area contributed by atoms with Crippen molar-refractivity contribution in [1.82, 2.24) is 18.9 Å². The van der Waals surface area contributed by atoms with Gasteiger partial charge >= 0.3 is 0 Å². The molecule has 3 heterocycles. The van der Waals surface area contributed by atoms with Crippen LogP contribution in [0.4, 0.5) is 0 Å². The molecule has 5 heteroatoms. The van der Waals surface area contributed by atoms with Crippen LogP contribution < -0.4 is 5.56 Å². The van der Waals surface area contributed by atoms with Crippen LogP contribution in [0.3, 0.4) is 0 Å². The van der Waals surface area contributed by atoms with Gasteiger partial charge in [-0.1, -0.05) is 111 Å². The summed E-state index contributed by atoms with van der Waals surface area (Å²) in [4.78, 5) is 24.0. The van der Waals surface area contributed by atoms with Crippen LogP contribution in [0.5, 0.6) is 0 Å². The quantitative estimate of drug-likeness (QED) is 0.138. The highest BCUT2D eigenvalue weighted by atomic mass is 16.1. The average molecular weight is 655 g/mol. The van der Waals surface area contributed by atoms with Crippen molar-refractivity contribution >= 4 is 60.2 Å². The minimum Gasteiger partial charge on any atom is -0.309 e. The van der Waals surface area contributed by atoms with Crippen molar-refractivity contribution in [2.45, 2.75) is 19.3 Å². The first kappa shape index (κ1) is 28.3. The fraction of sp³-hybridized carbons (Fsp3) is 0.0652. The van der Waals surface area contributed by atoms with E-state index in [0.717, 1.165) is 38.9 Å². The summed E-state index contributed by atoms with van der Waals surface area (Å²) in [6.45, 7) is 4.69. The Labute approximate surface area is 292 Å². The smallest absolute Gasteiger partial charge is 0.267 e. The van der Waals surface area contributed by atoms with Gasteiger partial charge in [-0.25, -0.2) is 14.4 Å². The first-order chi connectivity index (χ1) is 25.0. The molecule has 0 saturated heterocycles. The Hall–Kier alpha value is -6.59. The number of nitrogens with zero attached hydrogens (tertiary/aromatic N) is 4. The molecule has 7 aromatic carbocycles. The summed E-state index contributed by atoms with van der Waals surface area (Å²) in [5, 5.41) is 6.43. The predicted octanol–water partition coefficient (Wildman–Crippen LogP) is 10.6. The standard InChI is InChI=1S/C46H30N4O/c1-46(2)36-22-20-27-12-6-7-15-30(27)42(36)34-25-33-31-16-9-11-19-39(31)49(41(33)26-37(34)46)29-21-23-40-35(24-29)43(28-13-4-3-5-14-28)48-45-47-38-18-10-8-17-32(38)44(51)50(40)45/h3-26H,1-2H3. The molecule has 0 aliphatic heterocycles. The fourth-order valence-electron chi connectivity index (χ4n) is 8.68. The summed E-state index contributed by atoms with van der Waals surface area (Å²) in [5.41, 5.74) is 11.5. The molecule has 0 N–H and O–H groups in total. The van der Waals surface area contributed by atoms with Gasteiger partial charge in [-0.3, -0.25) is 4.79 Å². The normalized spacial score (nSPS) is 13.5. The molecule has 0 fully saturated rings. The Morgan fingerprint density at radius 3 is 2.16 bits per heavy atom. The van der Waals surface area contributed by atoms with Crippen LogP contribution in [-0.2, 0) is 5.41 Å². The lowest BCUT2D eigenvalue weighted by Crippen LogP contribution is -2.17. The number of benzene rings is 7. The zero-order chi connectivity index (χ0) is 34.0. The third kappa shape index (κ3) is 3.78. The number of para-hydroxylation sites is 2. The number of hydrogen-bond acceptors (Lipinski definition) is 3. The van der Waals surface area contributed by atoms with Crippen LogP contribution in [-0.4, -0.2) is 18.9 Å². The summed E-state index contributed by atoms with van der Waals surface area (Å²) < 4.78 is 4.04. The molecule has 0 radical (unpaired) electrons. The maximum atomic E-state index is 14.0. The lowest BCUT2D eigenvalue weighted by atomic mass is 9.82. The summed E-state index contributed by atoms with van der Waals surface area (Å²) in [6, 6.07) is 50.9. The van der Waals surface area contributed by atoms with E-state index in [0.29, 0.717) is 16.7 Å². The highest BCUT2D eigenvalue weighted by molar-refractivity contribution is 6.14. The molecule has 0 spiro atoms. The maximum Gasteiger partial charge on any atom is 0.267 e. The van der Waals surface area contributed by atoms with Gasteiger partial charge in [0.1, 0.15) is 0 Å². The van der Waals surface area contributed by atoms with E-state index in [1.54, 1.807) is 4.40 Å². The minimum absolute atomic E-state index is 0.123. The zero-order valence-electron chi connectivity index (χ0n) is 28.1. The molecule has 0 amide bonds. The second-order valence-electron chi connectivity index (χ2n) is 14.2. The Kier molecular flexibility index (Phi) is 5.54. The van der Waals surface area contributed by atoms with E-state index in [4.69, 9.17) is 9.97 Å². The topological polar surface area (TPSA) is 52.2 Å². The Balaban J connectivity index is 1.24. The Morgan fingerprint density at radius 1 is 0.549 bits per heavy atom. The van der Waals surface area contributed by atoms with Gasteiger partial charge in [-0.15, -0.1) is 0 Å². The van der Waals surface area contributed by atoms with Crippen molar-refractivity contribution in [3.8, 4) is 28.1 Å². The van der Waals surface area contributed by atoms with Crippen molar-refractivity contribution in [3.63, 3.8) is 0 Å². The molecule has 0 bridgehead atoms. The monoisotopic (exact) mass is 654 g/mol. The van der Waals surface area contributed by atoms with E-state index in [-0.39, 0.29) is 11.0 Å². The first-order valence-corrected chi connectivity index (χ1v) is 17.4. The first-order valence-electron chi connectivity index (χ1n) is 17.4. The van der Waals surface area contributed by atoms with Crippen molar-refractivity contribution < 1.29 is 0 Å². The van der Waals surface area contributed by atoms with Gasteiger partial charge in [-0.05, 0) is 81.6 Å². The second kappa shape index (κ2) is 9.99. The van der Waals surface area contributed by atoms with Gasteiger partial charge < -0.3 is 4.57 Å². The third-order valence-corrected chi connectivity index (χ3v) is 11.1. The molecule has 1 aliphatic carbocycles. The van der Waals surface area contributed by atoms with Crippen LogP contribution in [0.15, 0.2) is 150 Å². The summed E-state index contributed by atoms with van der Waals surface area (Å²) in [7, 11) is 0. The molecule has 0 saturated carbocycles. The molecule has 240 valence electrons. The van der Waals surface area contributed by atoms with E-state index in [1.807, 2.05) is 42.5 Å². The summed E-state index contributed by atoms with van der Waals surface area (Å²) in [5.74, 6) is 0.388. The summed E-state index contributed by atoms with van der Waals surface area (Å²) >= 11 is 0. The molecule has 1 aliphatic rings. The maximum absolute atomic E-state index is 14.0. The number of fused-ring (bicyclic) bond motifs is 12. The van der Waals surface area contributed by atoms with Crippen LogP contribution in [0.1, 0.15) is 25.0 Å². The predicted molar refractivity (Wildman–Crippen MR) is 209 cm³/mol. The average Bonchev–Trinajstić information content (AvgIpc) is 3.61.